The van der Waals surface area contributed by atoms with Crippen molar-refractivity contribution >= 4 is 41.3 Å². The molecule has 0 unspecified atom stereocenters. The highest BCUT2D eigenvalue weighted by Crippen LogP contribution is 2.13. The van der Waals surface area contributed by atoms with E-state index in [1.807, 2.05) is 20.8 Å². The van der Waals surface area contributed by atoms with Gasteiger partial charge in [0.2, 0.25) is 17.7 Å². The summed E-state index contributed by atoms with van der Waals surface area (Å²) in [5, 5.41) is 10.8. The molecule has 4 N–H and O–H groups in total. The summed E-state index contributed by atoms with van der Waals surface area (Å²) >= 11 is 0. The standard InChI is InChI=1S/C32H47N5O9/c1-21(2)28(36-25(38)13-15-44-17-18-45-16-14-37-26(39)11-12-27(37)40)30(42)34-22(3)29(41)35-24-9-7-23(8-10-24)19-46-31(43)33-20-32(4,5)6/h7-12,21-22,28H,13-20H2,1-6H3,(H,33,43)(H,34,42)(H,35,41)(H,36,38)/t22-,28-/m0/s1. The van der Waals surface area contributed by atoms with E-state index in [1.165, 1.54) is 12.2 Å². The molecule has 0 fully saturated rings. The highest BCUT2D eigenvalue weighted by molar-refractivity contribution is 6.12. The summed E-state index contributed by atoms with van der Waals surface area (Å²) in [6.07, 6.45) is 1.92. The number of nitrogens with zero attached hydrogens (tertiary/aromatic N) is 1. The first-order valence-corrected chi connectivity index (χ1v) is 15.3. The van der Waals surface area contributed by atoms with Gasteiger partial charge >= 0.3 is 6.09 Å². The number of anilines is 1. The van der Waals surface area contributed by atoms with Crippen molar-refractivity contribution in [2.24, 2.45) is 11.3 Å². The molecule has 46 heavy (non-hydrogen) atoms. The van der Waals surface area contributed by atoms with Gasteiger partial charge in [-0.05, 0) is 36.0 Å². The van der Waals surface area contributed by atoms with Gasteiger partial charge in [0.25, 0.3) is 11.8 Å². The normalized spacial score (nSPS) is 14.2. The molecular formula is C32H47N5O9. The molecule has 1 aliphatic heterocycles. The number of rotatable bonds is 18. The maximum absolute atomic E-state index is 12.9. The van der Waals surface area contributed by atoms with E-state index < -0.39 is 30.0 Å². The van der Waals surface area contributed by atoms with E-state index in [1.54, 1.807) is 45.0 Å². The van der Waals surface area contributed by atoms with Crippen molar-refractivity contribution in [3.8, 4) is 0 Å². The van der Waals surface area contributed by atoms with Gasteiger partial charge in [0, 0.05) is 30.8 Å². The van der Waals surface area contributed by atoms with Crippen molar-refractivity contribution in [2.45, 2.75) is 66.7 Å². The second kappa shape index (κ2) is 18.6. The number of alkyl carbamates (subject to hydrolysis) is 1. The number of carbonyl (C=O) groups is 6. The summed E-state index contributed by atoms with van der Waals surface area (Å²) < 4.78 is 16.0. The molecule has 6 amide bonds. The van der Waals surface area contributed by atoms with Crippen LogP contribution in [0.4, 0.5) is 10.5 Å². The highest BCUT2D eigenvalue weighted by Gasteiger charge is 2.27. The lowest BCUT2D eigenvalue weighted by Gasteiger charge is -2.24. The molecule has 0 bridgehead atoms. The average Bonchev–Trinajstić information content (AvgIpc) is 3.31. The molecule has 2 rings (SSSR count). The minimum absolute atomic E-state index is 0.0115. The van der Waals surface area contributed by atoms with Crippen molar-refractivity contribution in [3.05, 3.63) is 42.0 Å². The fraction of sp³-hybridized carbons (Fsp3) is 0.562. The van der Waals surface area contributed by atoms with Crippen LogP contribution in [0, 0.1) is 11.3 Å². The maximum Gasteiger partial charge on any atom is 0.407 e. The molecular weight excluding hydrogens is 598 g/mol. The number of hydrogen-bond acceptors (Lipinski definition) is 9. The van der Waals surface area contributed by atoms with E-state index in [4.69, 9.17) is 14.2 Å². The van der Waals surface area contributed by atoms with Crippen LogP contribution in [0.25, 0.3) is 0 Å². The maximum atomic E-state index is 12.9. The quantitative estimate of drug-likeness (QED) is 0.137. The molecule has 0 saturated carbocycles. The van der Waals surface area contributed by atoms with Crippen molar-refractivity contribution in [2.75, 3.05) is 44.8 Å². The van der Waals surface area contributed by atoms with E-state index in [0.29, 0.717) is 12.2 Å². The molecule has 0 saturated heterocycles. The molecule has 0 aromatic heterocycles. The zero-order valence-electron chi connectivity index (χ0n) is 27.5. The van der Waals surface area contributed by atoms with Crippen LogP contribution in [0.15, 0.2) is 36.4 Å². The van der Waals surface area contributed by atoms with E-state index in [0.717, 1.165) is 10.5 Å². The van der Waals surface area contributed by atoms with Crippen LogP contribution in [0.5, 0.6) is 0 Å². The zero-order valence-corrected chi connectivity index (χ0v) is 27.5. The summed E-state index contributed by atoms with van der Waals surface area (Å²) in [4.78, 5) is 74.0. The van der Waals surface area contributed by atoms with Gasteiger partial charge in [-0.3, -0.25) is 28.9 Å². The van der Waals surface area contributed by atoms with E-state index >= 15 is 0 Å². The molecule has 1 aromatic rings. The average molecular weight is 646 g/mol. The third-order valence-electron chi connectivity index (χ3n) is 6.58. The molecule has 2 atom stereocenters. The predicted octanol–water partition coefficient (Wildman–Crippen LogP) is 1.89. The monoisotopic (exact) mass is 645 g/mol. The number of benzene rings is 1. The molecule has 254 valence electrons. The first-order chi connectivity index (χ1) is 21.7. The number of carbonyl (C=O) groups excluding carboxylic acids is 6. The number of nitrogens with one attached hydrogen (secondary N) is 4. The lowest BCUT2D eigenvalue weighted by molar-refractivity contribution is -0.137. The Hall–Kier alpha value is -4.30. The lowest BCUT2D eigenvalue weighted by atomic mass is 9.97. The Morgan fingerprint density at radius 3 is 2.02 bits per heavy atom. The number of hydrogen-bond donors (Lipinski definition) is 4. The van der Waals surface area contributed by atoms with Gasteiger partial charge in [0.15, 0.2) is 0 Å². The molecule has 1 aliphatic rings. The second-order valence-corrected chi connectivity index (χ2v) is 12.3. The first kappa shape index (κ1) is 37.9. The van der Waals surface area contributed by atoms with E-state index in [9.17, 15) is 28.8 Å². The van der Waals surface area contributed by atoms with Crippen LogP contribution in [0.3, 0.4) is 0 Å². The van der Waals surface area contributed by atoms with Crippen molar-refractivity contribution in [1.82, 2.24) is 20.9 Å². The molecule has 0 radical (unpaired) electrons. The van der Waals surface area contributed by atoms with Crippen molar-refractivity contribution in [1.29, 1.82) is 0 Å². The molecule has 14 heteroatoms. The molecule has 0 spiro atoms. The Labute approximate surface area is 269 Å². The van der Waals surface area contributed by atoms with Crippen molar-refractivity contribution < 1.29 is 43.0 Å². The van der Waals surface area contributed by atoms with Gasteiger partial charge in [-0.2, -0.15) is 0 Å². The number of imide groups is 1. The summed E-state index contributed by atoms with van der Waals surface area (Å²) in [6.45, 7) is 12.5. The van der Waals surface area contributed by atoms with Crippen LogP contribution in [-0.2, 0) is 44.8 Å². The van der Waals surface area contributed by atoms with E-state index in [-0.39, 0.29) is 75.1 Å². The molecule has 1 heterocycles. The fourth-order valence-electron chi connectivity index (χ4n) is 3.92. The fourth-order valence-corrected chi connectivity index (χ4v) is 3.92. The lowest BCUT2D eigenvalue weighted by Crippen LogP contribution is -2.53. The summed E-state index contributed by atoms with van der Waals surface area (Å²) in [7, 11) is 0. The Morgan fingerprint density at radius 1 is 0.826 bits per heavy atom. The van der Waals surface area contributed by atoms with Gasteiger partial charge < -0.3 is 35.5 Å². The Bertz CT molecular complexity index is 1220. The third kappa shape index (κ3) is 14.2. The second-order valence-electron chi connectivity index (χ2n) is 12.3. The van der Waals surface area contributed by atoms with Gasteiger partial charge in [0.05, 0.1) is 33.0 Å². The number of amides is 6. The molecule has 0 aliphatic carbocycles. The Balaban J connectivity index is 1.67. The first-order valence-electron chi connectivity index (χ1n) is 15.3. The number of ether oxygens (including phenoxy) is 3. The summed E-state index contributed by atoms with van der Waals surface area (Å²) in [5.41, 5.74) is 1.18. The minimum atomic E-state index is -0.888. The van der Waals surface area contributed by atoms with Crippen LogP contribution < -0.4 is 21.3 Å². The largest absolute Gasteiger partial charge is 0.445 e. The SMILES string of the molecule is CC(C)[C@H](NC(=O)CCOCCOCCN1C(=O)C=CC1=O)C(=O)N[C@@H](C)C(=O)Nc1ccc(COC(=O)NCC(C)(C)C)cc1. The highest BCUT2D eigenvalue weighted by atomic mass is 16.5. The van der Waals surface area contributed by atoms with Crippen LogP contribution in [0.1, 0.15) is 53.5 Å². The minimum Gasteiger partial charge on any atom is -0.445 e. The van der Waals surface area contributed by atoms with Crippen LogP contribution >= 0.6 is 0 Å². The third-order valence-corrected chi connectivity index (χ3v) is 6.58. The van der Waals surface area contributed by atoms with Gasteiger partial charge in [-0.1, -0.05) is 46.8 Å². The molecule has 1 aromatic carbocycles. The smallest absolute Gasteiger partial charge is 0.407 e. The van der Waals surface area contributed by atoms with Crippen LogP contribution in [-0.4, -0.2) is 92.1 Å². The Kier molecular flexibility index (Phi) is 15.3. The van der Waals surface area contributed by atoms with Crippen molar-refractivity contribution in [3.63, 3.8) is 0 Å². The Morgan fingerprint density at radius 2 is 1.43 bits per heavy atom. The van der Waals surface area contributed by atoms with Crippen LogP contribution in [0.2, 0.25) is 0 Å². The predicted molar refractivity (Wildman–Crippen MR) is 169 cm³/mol. The van der Waals surface area contributed by atoms with Gasteiger partial charge in [0.1, 0.15) is 18.7 Å². The van der Waals surface area contributed by atoms with Gasteiger partial charge in [-0.15, -0.1) is 0 Å². The van der Waals surface area contributed by atoms with E-state index in [2.05, 4.69) is 21.3 Å². The molecule has 14 nitrogen and oxygen atoms in total. The zero-order chi connectivity index (χ0) is 34.3. The van der Waals surface area contributed by atoms with Gasteiger partial charge in [-0.25, -0.2) is 4.79 Å². The summed E-state index contributed by atoms with van der Waals surface area (Å²) in [5.74, 6) is -2.32. The summed E-state index contributed by atoms with van der Waals surface area (Å²) in [6, 6.07) is 5.02. The topological polar surface area (TPSA) is 181 Å².